The summed E-state index contributed by atoms with van der Waals surface area (Å²) >= 11 is 0. The highest BCUT2D eigenvalue weighted by atomic mass is 32.2. The molecule has 0 spiro atoms. The summed E-state index contributed by atoms with van der Waals surface area (Å²) in [5.74, 6) is -2.62. The van der Waals surface area contributed by atoms with Gasteiger partial charge in [-0.1, -0.05) is 18.2 Å². The number of carboxylic acid groups (broad SMARTS) is 1. The lowest BCUT2D eigenvalue weighted by Gasteiger charge is -2.27. The number of sulfone groups is 1. The zero-order valence-corrected chi connectivity index (χ0v) is 13.0. The Labute approximate surface area is 128 Å². The van der Waals surface area contributed by atoms with E-state index >= 15 is 0 Å². The van der Waals surface area contributed by atoms with Crippen LogP contribution in [0.4, 0.5) is 0 Å². The molecule has 0 aromatic heterocycles. The van der Waals surface area contributed by atoms with Gasteiger partial charge in [0, 0.05) is 0 Å². The molecule has 1 aromatic rings. The third kappa shape index (κ3) is 3.46. The molecule has 0 amide bonds. The third-order valence-corrected chi connectivity index (χ3v) is 6.89. The molecule has 1 fully saturated rings. The molecule has 0 radical (unpaired) electrons. The molecule has 1 aliphatic rings. The number of hydrogen-bond acceptors (Lipinski definition) is 6. The number of aliphatic carboxylic acids is 1. The van der Waals surface area contributed by atoms with Crippen molar-refractivity contribution in [2.75, 3.05) is 18.1 Å². The van der Waals surface area contributed by atoms with Crippen molar-refractivity contribution < 1.29 is 31.8 Å². The average Bonchev–Trinajstić information content (AvgIpc) is 2.69. The third-order valence-electron chi connectivity index (χ3n) is 3.30. The van der Waals surface area contributed by atoms with Crippen LogP contribution in [0.25, 0.3) is 0 Å². The van der Waals surface area contributed by atoms with Gasteiger partial charge in [0.2, 0.25) is 10.0 Å². The maximum atomic E-state index is 12.6. The number of aliphatic hydroxyl groups excluding tert-OH is 1. The topological polar surface area (TPSA) is 129 Å². The summed E-state index contributed by atoms with van der Waals surface area (Å²) in [5.41, 5.74) is 0. The van der Waals surface area contributed by atoms with Gasteiger partial charge < -0.3 is 10.2 Å². The van der Waals surface area contributed by atoms with Crippen LogP contribution in [0, 0.1) is 0 Å². The monoisotopic (exact) mass is 349 g/mol. The van der Waals surface area contributed by atoms with Crippen LogP contribution in [-0.2, 0) is 24.7 Å². The Morgan fingerprint density at radius 3 is 2.27 bits per heavy atom. The Hall–Kier alpha value is -1.49. The second-order valence-electron chi connectivity index (χ2n) is 4.97. The highest BCUT2D eigenvalue weighted by molar-refractivity contribution is 7.92. The fourth-order valence-electron chi connectivity index (χ4n) is 2.33. The van der Waals surface area contributed by atoms with E-state index in [1.165, 1.54) is 24.3 Å². The molecule has 122 valence electrons. The molecule has 10 heteroatoms. The molecule has 1 saturated heterocycles. The minimum absolute atomic E-state index is 0.159. The number of benzene rings is 1. The second-order valence-corrected chi connectivity index (χ2v) is 9.01. The number of nitrogens with zero attached hydrogens (tertiary/aromatic N) is 1. The van der Waals surface area contributed by atoms with Crippen molar-refractivity contribution in [2.45, 2.75) is 17.0 Å². The molecule has 0 unspecified atom stereocenters. The van der Waals surface area contributed by atoms with Crippen LogP contribution in [-0.4, -0.2) is 67.5 Å². The van der Waals surface area contributed by atoms with E-state index in [1.54, 1.807) is 6.07 Å². The van der Waals surface area contributed by atoms with Gasteiger partial charge in [-0.3, -0.25) is 4.79 Å². The van der Waals surface area contributed by atoms with Crippen LogP contribution in [0.5, 0.6) is 0 Å². The summed E-state index contributed by atoms with van der Waals surface area (Å²) in [6, 6.07) is 5.77. The number of sulfonamides is 1. The maximum Gasteiger partial charge on any atom is 0.318 e. The fourth-order valence-corrected chi connectivity index (χ4v) is 5.85. The first-order chi connectivity index (χ1) is 10.1. The zero-order chi connectivity index (χ0) is 16.5. The van der Waals surface area contributed by atoms with Crippen molar-refractivity contribution in [2.24, 2.45) is 0 Å². The number of carboxylic acids is 1. The first-order valence-electron chi connectivity index (χ1n) is 6.31. The summed E-state index contributed by atoms with van der Waals surface area (Å²) in [6.07, 6.45) is -1.46. The number of aliphatic hydroxyl groups is 1. The predicted octanol–water partition coefficient (Wildman–Crippen LogP) is -1.08. The predicted molar refractivity (Wildman–Crippen MR) is 76.4 cm³/mol. The molecule has 0 saturated carbocycles. The number of rotatable bonds is 5. The Kier molecular flexibility index (Phi) is 4.57. The van der Waals surface area contributed by atoms with Crippen molar-refractivity contribution in [1.29, 1.82) is 0 Å². The van der Waals surface area contributed by atoms with E-state index in [1.807, 2.05) is 0 Å². The normalized spacial score (nSPS) is 24.5. The van der Waals surface area contributed by atoms with Crippen LogP contribution >= 0.6 is 0 Å². The highest BCUT2D eigenvalue weighted by Gasteiger charge is 2.45. The van der Waals surface area contributed by atoms with Gasteiger partial charge in [-0.05, 0) is 12.1 Å². The van der Waals surface area contributed by atoms with E-state index in [0.29, 0.717) is 4.31 Å². The van der Waals surface area contributed by atoms with Gasteiger partial charge in [0.25, 0.3) is 0 Å². The van der Waals surface area contributed by atoms with Gasteiger partial charge in [-0.2, -0.15) is 4.31 Å². The number of hydrogen-bond donors (Lipinski definition) is 2. The minimum Gasteiger partial charge on any atom is -0.480 e. The van der Waals surface area contributed by atoms with Gasteiger partial charge in [0.15, 0.2) is 9.84 Å². The van der Waals surface area contributed by atoms with E-state index < -0.39 is 56.0 Å². The lowest BCUT2D eigenvalue weighted by molar-refractivity contribution is -0.137. The lowest BCUT2D eigenvalue weighted by atomic mass is 10.2. The molecular formula is C12H15NO7S2. The van der Waals surface area contributed by atoms with Crippen molar-refractivity contribution in [1.82, 2.24) is 4.31 Å². The average molecular weight is 349 g/mol. The SMILES string of the molecule is O=C(O)CN([C@H]1CS(=O)(=O)C[C@H]1O)S(=O)(=O)c1ccccc1. The second kappa shape index (κ2) is 5.95. The largest absolute Gasteiger partial charge is 0.480 e. The summed E-state index contributed by atoms with van der Waals surface area (Å²) in [5, 5.41) is 18.8. The van der Waals surface area contributed by atoms with Gasteiger partial charge in [-0.25, -0.2) is 16.8 Å². The van der Waals surface area contributed by atoms with Gasteiger partial charge in [0.05, 0.1) is 28.5 Å². The summed E-state index contributed by atoms with van der Waals surface area (Å²) in [6.45, 7) is -0.922. The van der Waals surface area contributed by atoms with E-state index in [4.69, 9.17) is 5.11 Å². The van der Waals surface area contributed by atoms with Crippen LogP contribution in [0.15, 0.2) is 35.2 Å². The molecular weight excluding hydrogens is 334 g/mol. The van der Waals surface area contributed by atoms with Crippen LogP contribution in [0.3, 0.4) is 0 Å². The van der Waals surface area contributed by atoms with E-state index in [9.17, 15) is 26.7 Å². The first-order valence-corrected chi connectivity index (χ1v) is 9.57. The minimum atomic E-state index is -4.23. The zero-order valence-electron chi connectivity index (χ0n) is 11.4. The Morgan fingerprint density at radius 2 is 1.82 bits per heavy atom. The van der Waals surface area contributed by atoms with E-state index in [-0.39, 0.29) is 4.90 Å². The van der Waals surface area contributed by atoms with E-state index in [2.05, 4.69) is 0 Å². The van der Waals surface area contributed by atoms with Crippen LogP contribution < -0.4 is 0 Å². The summed E-state index contributed by atoms with van der Waals surface area (Å²) < 4.78 is 48.8. The molecule has 0 bridgehead atoms. The van der Waals surface area contributed by atoms with Gasteiger partial charge >= 0.3 is 5.97 Å². The molecule has 0 aliphatic carbocycles. The maximum absolute atomic E-state index is 12.6. The van der Waals surface area contributed by atoms with Crippen molar-refractivity contribution >= 4 is 25.8 Å². The summed E-state index contributed by atoms with van der Waals surface area (Å²) in [4.78, 5) is 10.8. The molecule has 22 heavy (non-hydrogen) atoms. The van der Waals surface area contributed by atoms with Crippen molar-refractivity contribution in [3.63, 3.8) is 0 Å². The van der Waals surface area contributed by atoms with Crippen molar-refractivity contribution in [3.05, 3.63) is 30.3 Å². The van der Waals surface area contributed by atoms with Gasteiger partial charge in [-0.15, -0.1) is 0 Å². The Bertz CT molecular complexity index is 758. The Balaban J connectivity index is 2.45. The molecule has 1 heterocycles. The van der Waals surface area contributed by atoms with Crippen LogP contribution in [0.1, 0.15) is 0 Å². The standard InChI is InChI=1S/C12H15NO7S2/c14-11-8-21(17,18)7-10(11)13(6-12(15)16)22(19,20)9-4-2-1-3-5-9/h1-5,10-11,14H,6-8H2,(H,15,16)/t10-,11+/m0/s1. The summed E-state index contributed by atoms with van der Waals surface area (Å²) in [7, 11) is -7.85. The van der Waals surface area contributed by atoms with Crippen molar-refractivity contribution in [3.8, 4) is 0 Å². The molecule has 8 nitrogen and oxygen atoms in total. The fraction of sp³-hybridized carbons (Fsp3) is 0.417. The quantitative estimate of drug-likeness (QED) is 0.691. The molecule has 1 aromatic carbocycles. The first kappa shape index (κ1) is 16.9. The molecule has 2 atom stereocenters. The van der Waals surface area contributed by atoms with Gasteiger partial charge in [0.1, 0.15) is 6.54 Å². The van der Waals surface area contributed by atoms with Crippen LogP contribution in [0.2, 0.25) is 0 Å². The smallest absolute Gasteiger partial charge is 0.318 e. The molecule has 2 N–H and O–H groups in total. The van der Waals surface area contributed by atoms with E-state index in [0.717, 1.165) is 0 Å². The Morgan fingerprint density at radius 1 is 1.23 bits per heavy atom. The molecule has 2 rings (SSSR count). The number of carbonyl (C=O) groups is 1. The highest BCUT2D eigenvalue weighted by Crippen LogP contribution is 2.25. The lowest BCUT2D eigenvalue weighted by Crippen LogP contribution is -2.48. The molecule has 1 aliphatic heterocycles.